The molecule has 25 heavy (non-hydrogen) atoms. The first-order chi connectivity index (χ1) is 12.1. The van der Waals surface area contributed by atoms with Gasteiger partial charge in [-0.15, -0.1) is 6.42 Å². The highest BCUT2D eigenvalue weighted by Crippen LogP contribution is 2.18. The fourth-order valence-electron chi connectivity index (χ4n) is 2.67. The zero-order valence-electron chi connectivity index (χ0n) is 13.3. The molecule has 2 aromatic rings. The number of carbonyl (C=O) groups is 2. The maximum absolute atomic E-state index is 13.9. The van der Waals surface area contributed by atoms with Crippen LogP contribution in [0.4, 0.5) is 10.3 Å². The van der Waals surface area contributed by atoms with E-state index >= 15 is 0 Å². The molecule has 0 bridgehead atoms. The molecule has 1 saturated heterocycles. The van der Waals surface area contributed by atoms with Crippen molar-refractivity contribution >= 4 is 18.1 Å². The fourth-order valence-corrected chi connectivity index (χ4v) is 2.67. The first kappa shape index (κ1) is 16.6. The molecule has 7 heteroatoms. The number of aromatic nitrogens is 2. The molecule has 1 amide bonds. The maximum Gasteiger partial charge on any atom is 0.256 e. The smallest absolute Gasteiger partial charge is 0.256 e. The Morgan fingerprint density at radius 1 is 1.40 bits per heavy atom. The average molecular weight is 338 g/mol. The van der Waals surface area contributed by atoms with Crippen molar-refractivity contribution in [3.63, 3.8) is 0 Å². The second kappa shape index (κ2) is 7.09. The van der Waals surface area contributed by atoms with E-state index in [4.69, 9.17) is 6.42 Å². The van der Waals surface area contributed by atoms with Crippen LogP contribution in [0.5, 0.6) is 0 Å². The molecule has 1 fully saturated rings. The van der Waals surface area contributed by atoms with Gasteiger partial charge in [0.1, 0.15) is 12.1 Å². The number of anilines is 1. The van der Waals surface area contributed by atoms with Crippen LogP contribution >= 0.6 is 0 Å². The van der Waals surface area contributed by atoms with Gasteiger partial charge in [0, 0.05) is 37.1 Å². The van der Waals surface area contributed by atoms with Crippen LogP contribution in [-0.4, -0.2) is 46.2 Å². The lowest BCUT2D eigenvalue weighted by Crippen LogP contribution is -2.32. The zero-order valence-corrected chi connectivity index (χ0v) is 13.3. The van der Waals surface area contributed by atoms with E-state index in [2.05, 4.69) is 21.2 Å². The number of halogens is 1. The van der Waals surface area contributed by atoms with E-state index in [0.29, 0.717) is 37.3 Å². The van der Waals surface area contributed by atoms with Crippen LogP contribution in [0, 0.1) is 18.2 Å². The third kappa shape index (κ3) is 3.63. The largest absolute Gasteiger partial charge is 0.350 e. The summed E-state index contributed by atoms with van der Waals surface area (Å²) in [6.07, 6.45) is 9.59. The molecule has 1 aromatic carbocycles. The molecule has 1 atom stereocenters. The highest BCUT2D eigenvalue weighted by Gasteiger charge is 2.28. The van der Waals surface area contributed by atoms with Crippen molar-refractivity contribution in [1.29, 1.82) is 0 Å². The van der Waals surface area contributed by atoms with Gasteiger partial charge in [-0.2, -0.15) is 0 Å². The quantitative estimate of drug-likeness (QED) is 0.679. The van der Waals surface area contributed by atoms with Crippen molar-refractivity contribution < 1.29 is 14.0 Å². The van der Waals surface area contributed by atoms with Gasteiger partial charge < -0.3 is 10.2 Å². The molecule has 0 aliphatic carbocycles. The number of rotatable bonds is 4. The Labute approximate surface area is 144 Å². The van der Waals surface area contributed by atoms with E-state index in [1.54, 1.807) is 4.90 Å². The van der Waals surface area contributed by atoms with E-state index in [-0.39, 0.29) is 17.2 Å². The molecule has 0 saturated carbocycles. The van der Waals surface area contributed by atoms with Gasteiger partial charge in [-0.3, -0.25) is 9.59 Å². The van der Waals surface area contributed by atoms with Crippen molar-refractivity contribution in [2.24, 2.45) is 0 Å². The van der Waals surface area contributed by atoms with E-state index in [0.717, 1.165) is 6.07 Å². The van der Waals surface area contributed by atoms with Gasteiger partial charge in [-0.05, 0) is 24.6 Å². The molecule has 1 aromatic heterocycles. The predicted molar refractivity (Wildman–Crippen MR) is 89.7 cm³/mol. The number of nitrogens with one attached hydrogen (secondary N) is 1. The summed E-state index contributed by atoms with van der Waals surface area (Å²) in [5.41, 5.74) is 0.750. The highest BCUT2D eigenvalue weighted by atomic mass is 19.1. The number of hydrogen-bond donors (Lipinski definition) is 1. The minimum Gasteiger partial charge on any atom is -0.350 e. The van der Waals surface area contributed by atoms with Crippen LogP contribution in [0.15, 0.2) is 30.6 Å². The number of amides is 1. The third-order valence-electron chi connectivity index (χ3n) is 3.98. The Balaban J connectivity index is 1.67. The van der Waals surface area contributed by atoms with Crippen LogP contribution in [0.1, 0.15) is 32.7 Å². The number of hydrogen-bond acceptors (Lipinski definition) is 5. The average Bonchev–Trinajstić information content (AvgIpc) is 3.10. The van der Waals surface area contributed by atoms with Crippen LogP contribution in [0.2, 0.25) is 0 Å². The minimum absolute atomic E-state index is 0.0436. The van der Waals surface area contributed by atoms with Crippen LogP contribution in [0.25, 0.3) is 0 Å². The molecular weight excluding hydrogens is 323 g/mol. The van der Waals surface area contributed by atoms with Gasteiger partial charge in [-0.25, -0.2) is 14.4 Å². The van der Waals surface area contributed by atoms with Crippen LogP contribution < -0.4 is 5.32 Å². The number of terminal acetylenes is 1. The summed E-state index contributed by atoms with van der Waals surface area (Å²) in [7, 11) is 0. The summed E-state index contributed by atoms with van der Waals surface area (Å²) < 4.78 is 13.9. The molecule has 1 N–H and O–H groups in total. The zero-order chi connectivity index (χ0) is 17.8. The molecule has 1 aliphatic heterocycles. The predicted octanol–water partition coefficient (Wildman–Crippen LogP) is 1.74. The van der Waals surface area contributed by atoms with Crippen molar-refractivity contribution in [3.05, 3.63) is 53.1 Å². The van der Waals surface area contributed by atoms with Crippen molar-refractivity contribution in [1.82, 2.24) is 14.9 Å². The fraction of sp³-hybridized carbons (Fsp3) is 0.222. The van der Waals surface area contributed by atoms with Gasteiger partial charge in [-0.1, -0.05) is 5.92 Å². The lowest BCUT2D eigenvalue weighted by Gasteiger charge is -2.17. The first-order valence-corrected chi connectivity index (χ1v) is 7.70. The molecule has 126 valence electrons. The summed E-state index contributed by atoms with van der Waals surface area (Å²) in [6.45, 7) is 0.869. The van der Waals surface area contributed by atoms with Crippen LogP contribution in [-0.2, 0) is 0 Å². The van der Waals surface area contributed by atoms with Gasteiger partial charge in [0.2, 0.25) is 5.95 Å². The summed E-state index contributed by atoms with van der Waals surface area (Å²) in [4.78, 5) is 33.1. The normalized spacial score (nSPS) is 16.3. The number of likely N-dealkylation sites (tertiary alicyclic amines) is 1. The SMILES string of the molecule is C#Cc1cnc(N[C@@H]2CCN(C(=O)c3cc(C=O)ccc3F)C2)nc1. The summed E-state index contributed by atoms with van der Waals surface area (Å²) in [5.74, 6) is 1.79. The van der Waals surface area contributed by atoms with E-state index in [1.165, 1.54) is 24.5 Å². The molecular formula is C18H15FN4O2. The number of aldehydes is 1. The van der Waals surface area contributed by atoms with E-state index in [9.17, 15) is 14.0 Å². The van der Waals surface area contributed by atoms with E-state index in [1.807, 2.05) is 0 Å². The molecule has 0 radical (unpaired) electrons. The van der Waals surface area contributed by atoms with Gasteiger partial charge in [0.25, 0.3) is 5.91 Å². The second-order valence-electron chi connectivity index (χ2n) is 5.68. The Morgan fingerprint density at radius 2 is 2.16 bits per heavy atom. The minimum atomic E-state index is -0.639. The lowest BCUT2D eigenvalue weighted by atomic mass is 10.1. The summed E-state index contributed by atoms with van der Waals surface area (Å²) >= 11 is 0. The van der Waals surface area contributed by atoms with Gasteiger partial charge in [0.05, 0.1) is 11.1 Å². The monoisotopic (exact) mass is 338 g/mol. The summed E-state index contributed by atoms with van der Waals surface area (Å²) in [5, 5.41) is 3.13. The maximum atomic E-state index is 13.9. The Bertz CT molecular complexity index is 845. The number of carbonyl (C=O) groups excluding carboxylic acids is 2. The Hall–Kier alpha value is -3.27. The number of nitrogens with zero attached hydrogens (tertiary/aromatic N) is 3. The molecule has 1 aliphatic rings. The van der Waals surface area contributed by atoms with Crippen molar-refractivity contribution in [3.8, 4) is 12.3 Å². The summed E-state index contributed by atoms with van der Waals surface area (Å²) in [6, 6.07) is 3.69. The standard InChI is InChI=1S/C18H15FN4O2/c1-2-12-8-20-18(21-9-12)22-14-5-6-23(10-14)17(25)15-7-13(11-24)3-4-16(15)19/h1,3-4,7-9,11,14H,5-6,10H2,(H,20,21,22)/t14-/m1/s1. The molecule has 0 unspecified atom stereocenters. The van der Waals surface area contributed by atoms with Gasteiger partial charge >= 0.3 is 0 Å². The Morgan fingerprint density at radius 3 is 2.84 bits per heavy atom. The Kier molecular flexibility index (Phi) is 4.70. The molecule has 0 spiro atoms. The van der Waals surface area contributed by atoms with E-state index < -0.39 is 11.7 Å². The van der Waals surface area contributed by atoms with Crippen molar-refractivity contribution in [2.45, 2.75) is 12.5 Å². The second-order valence-corrected chi connectivity index (χ2v) is 5.68. The number of benzene rings is 1. The third-order valence-corrected chi connectivity index (χ3v) is 3.98. The topological polar surface area (TPSA) is 75.2 Å². The molecule has 6 nitrogen and oxygen atoms in total. The lowest BCUT2D eigenvalue weighted by molar-refractivity contribution is 0.0787. The van der Waals surface area contributed by atoms with Crippen LogP contribution in [0.3, 0.4) is 0 Å². The first-order valence-electron chi connectivity index (χ1n) is 7.70. The van der Waals surface area contributed by atoms with Gasteiger partial charge in [0.15, 0.2) is 0 Å². The molecule has 3 rings (SSSR count). The highest BCUT2D eigenvalue weighted by molar-refractivity contribution is 5.96. The molecule has 2 heterocycles. The van der Waals surface area contributed by atoms with Crippen molar-refractivity contribution in [2.75, 3.05) is 18.4 Å².